The quantitative estimate of drug-likeness (QED) is 0.424. The highest BCUT2D eigenvalue weighted by atomic mass is 19.1. The number of benzene rings is 1. The number of hydrogen-bond donors (Lipinski definition) is 4. The number of nitrogens with two attached hydrogens (primary N) is 1. The zero-order chi connectivity index (χ0) is 19.9. The summed E-state index contributed by atoms with van der Waals surface area (Å²) in [6.07, 6.45) is 0.763. The predicted octanol–water partition coefficient (Wildman–Crippen LogP) is 1.72. The van der Waals surface area contributed by atoms with Crippen molar-refractivity contribution < 1.29 is 18.3 Å². The summed E-state index contributed by atoms with van der Waals surface area (Å²) in [6, 6.07) is 7.02. The molecule has 1 saturated heterocycles. The lowest BCUT2D eigenvalue weighted by Crippen LogP contribution is -2.52. The number of piperidine rings is 1. The number of hydrogen-bond acceptors (Lipinski definition) is 6. The minimum absolute atomic E-state index is 0.211. The maximum absolute atomic E-state index is 14.4. The van der Waals surface area contributed by atoms with E-state index < -0.39 is 23.9 Å². The summed E-state index contributed by atoms with van der Waals surface area (Å²) in [5.41, 5.74) is 6.28. The molecule has 2 heterocycles. The van der Waals surface area contributed by atoms with E-state index in [1.54, 1.807) is 24.4 Å². The van der Waals surface area contributed by atoms with Crippen LogP contribution in [-0.2, 0) is 0 Å². The number of nitrogens with zero attached hydrogens (tertiary/aromatic N) is 1. The molecule has 0 bridgehead atoms. The van der Waals surface area contributed by atoms with Crippen molar-refractivity contribution in [3.63, 3.8) is 0 Å². The van der Waals surface area contributed by atoms with Gasteiger partial charge in [0.1, 0.15) is 18.6 Å². The van der Waals surface area contributed by atoms with Crippen LogP contribution in [0.25, 0.3) is 0 Å². The van der Waals surface area contributed by atoms with Gasteiger partial charge in [-0.1, -0.05) is 6.07 Å². The molecule has 28 heavy (non-hydrogen) atoms. The molecule has 1 amide bonds. The van der Waals surface area contributed by atoms with Gasteiger partial charge in [0.05, 0.1) is 23.0 Å². The lowest BCUT2D eigenvalue weighted by molar-refractivity contribution is 0.0888. The second-order valence-corrected chi connectivity index (χ2v) is 6.45. The third-order valence-electron chi connectivity index (χ3n) is 4.40. The van der Waals surface area contributed by atoms with E-state index in [-0.39, 0.29) is 11.3 Å². The van der Waals surface area contributed by atoms with Crippen molar-refractivity contribution in [1.29, 1.82) is 0 Å². The number of aromatic nitrogens is 1. The monoisotopic (exact) mass is 391 g/mol. The van der Waals surface area contributed by atoms with Crippen molar-refractivity contribution in [2.24, 2.45) is 0 Å². The van der Waals surface area contributed by atoms with Crippen LogP contribution in [0.15, 0.2) is 36.5 Å². The highest BCUT2D eigenvalue weighted by Gasteiger charge is 2.27. The molecular formula is C19H23F2N5O2. The maximum atomic E-state index is 14.4. The van der Waals surface area contributed by atoms with Crippen LogP contribution >= 0.6 is 0 Å². The first-order chi connectivity index (χ1) is 13.5. The number of nitrogen functional groups attached to an aromatic ring is 1. The third-order valence-corrected chi connectivity index (χ3v) is 4.40. The molecule has 0 saturated carbocycles. The van der Waals surface area contributed by atoms with Crippen molar-refractivity contribution in [3.8, 4) is 5.88 Å². The van der Waals surface area contributed by atoms with Gasteiger partial charge < -0.3 is 26.4 Å². The van der Waals surface area contributed by atoms with Crippen LogP contribution in [0.5, 0.6) is 5.88 Å². The molecule has 5 N–H and O–H groups in total. The minimum Gasteiger partial charge on any atom is -0.476 e. The first-order valence-electron chi connectivity index (χ1n) is 9.07. The molecule has 2 atom stereocenters. The number of carbonyl (C=O) groups excluding carboxylic acids is 1. The lowest BCUT2D eigenvalue weighted by atomic mass is 10.0. The molecule has 0 radical (unpaired) electrons. The van der Waals surface area contributed by atoms with E-state index in [4.69, 9.17) is 10.5 Å². The van der Waals surface area contributed by atoms with E-state index in [2.05, 4.69) is 20.9 Å². The molecule has 7 nitrogen and oxygen atoms in total. The van der Waals surface area contributed by atoms with Gasteiger partial charge in [0, 0.05) is 25.4 Å². The number of ether oxygens (including phenoxy) is 1. The summed E-state index contributed by atoms with van der Waals surface area (Å²) in [5, 5.41) is 8.48. The minimum atomic E-state index is -1.16. The smallest absolute Gasteiger partial charge is 0.254 e. The Balaban J connectivity index is 1.56. The van der Waals surface area contributed by atoms with Crippen molar-refractivity contribution in [2.75, 3.05) is 37.3 Å². The van der Waals surface area contributed by atoms with E-state index in [9.17, 15) is 13.6 Å². The van der Waals surface area contributed by atoms with E-state index in [0.29, 0.717) is 44.2 Å². The number of nitrogens with one attached hydrogen (secondary N) is 3. The summed E-state index contributed by atoms with van der Waals surface area (Å²) in [7, 11) is 0. The fraction of sp³-hybridized carbons (Fsp3) is 0.368. The largest absolute Gasteiger partial charge is 0.476 e. The van der Waals surface area contributed by atoms with Gasteiger partial charge in [-0.25, -0.2) is 13.8 Å². The lowest BCUT2D eigenvalue weighted by Gasteiger charge is -2.27. The average Bonchev–Trinajstić information content (AvgIpc) is 2.70. The number of halogens is 2. The first-order valence-corrected chi connectivity index (χ1v) is 9.07. The normalized spacial score (nSPS) is 19.1. The number of pyridine rings is 1. The Morgan fingerprint density at radius 1 is 1.39 bits per heavy atom. The molecule has 1 fully saturated rings. The summed E-state index contributed by atoms with van der Waals surface area (Å²) < 4.78 is 33.7. The number of alkyl halides is 1. The van der Waals surface area contributed by atoms with Crippen LogP contribution in [-0.4, -0.2) is 49.3 Å². The Bertz CT molecular complexity index is 806. The van der Waals surface area contributed by atoms with Gasteiger partial charge in [-0.05, 0) is 31.2 Å². The van der Waals surface area contributed by atoms with Crippen LogP contribution < -0.4 is 26.4 Å². The molecular weight excluding hydrogens is 368 g/mol. The Kier molecular flexibility index (Phi) is 6.59. The highest BCUT2D eigenvalue weighted by Crippen LogP contribution is 2.23. The molecule has 0 unspecified atom stereocenters. The number of carbonyl (C=O) groups is 1. The van der Waals surface area contributed by atoms with E-state index >= 15 is 0 Å². The van der Waals surface area contributed by atoms with Gasteiger partial charge in [0.15, 0.2) is 0 Å². The van der Waals surface area contributed by atoms with Crippen LogP contribution in [0.3, 0.4) is 0 Å². The van der Waals surface area contributed by atoms with Crippen molar-refractivity contribution in [3.05, 3.63) is 47.9 Å². The van der Waals surface area contributed by atoms with Gasteiger partial charge in [0.25, 0.3) is 5.91 Å². The zero-order valence-electron chi connectivity index (χ0n) is 15.3. The van der Waals surface area contributed by atoms with Crippen LogP contribution in [0.2, 0.25) is 0 Å². The van der Waals surface area contributed by atoms with Gasteiger partial charge >= 0.3 is 0 Å². The highest BCUT2D eigenvalue weighted by molar-refractivity contribution is 5.96. The molecule has 2 aromatic rings. The molecule has 1 aromatic heterocycles. The molecule has 9 heteroatoms. The number of anilines is 2. The molecule has 0 spiro atoms. The summed E-state index contributed by atoms with van der Waals surface area (Å²) in [5.74, 6) is -0.941. The summed E-state index contributed by atoms with van der Waals surface area (Å²) >= 11 is 0. The van der Waals surface area contributed by atoms with Gasteiger partial charge in [-0.2, -0.15) is 0 Å². The zero-order valence-corrected chi connectivity index (χ0v) is 15.3. The van der Waals surface area contributed by atoms with E-state index in [1.165, 1.54) is 6.07 Å². The maximum Gasteiger partial charge on any atom is 0.254 e. The fourth-order valence-electron chi connectivity index (χ4n) is 2.91. The second kappa shape index (κ2) is 9.32. The van der Waals surface area contributed by atoms with E-state index in [0.717, 1.165) is 6.07 Å². The fourth-order valence-corrected chi connectivity index (χ4v) is 2.91. The molecule has 1 aliphatic heterocycles. The molecule has 1 aliphatic rings. The number of amides is 1. The third kappa shape index (κ3) is 5.07. The van der Waals surface area contributed by atoms with Crippen molar-refractivity contribution in [1.82, 2.24) is 15.6 Å². The van der Waals surface area contributed by atoms with Gasteiger partial charge in [-0.3, -0.25) is 4.79 Å². The Labute approximate surface area is 161 Å². The van der Waals surface area contributed by atoms with Crippen molar-refractivity contribution in [2.45, 2.75) is 18.6 Å². The van der Waals surface area contributed by atoms with Crippen LogP contribution in [0.1, 0.15) is 16.8 Å². The van der Waals surface area contributed by atoms with Gasteiger partial charge in [-0.15, -0.1) is 0 Å². The molecule has 150 valence electrons. The van der Waals surface area contributed by atoms with Gasteiger partial charge in [0.2, 0.25) is 5.88 Å². The average molecular weight is 391 g/mol. The predicted molar refractivity (Wildman–Crippen MR) is 103 cm³/mol. The Morgan fingerprint density at radius 2 is 2.25 bits per heavy atom. The SMILES string of the molecule is Nc1cc(C(=O)N[C@H]2CNCC[C@@H]2F)c(F)cc1NCCOc1ccccn1. The Morgan fingerprint density at radius 3 is 3.00 bits per heavy atom. The summed E-state index contributed by atoms with van der Waals surface area (Å²) in [6.45, 7) is 1.52. The summed E-state index contributed by atoms with van der Waals surface area (Å²) in [4.78, 5) is 16.3. The number of rotatable bonds is 7. The Hall–Kier alpha value is -2.94. The van der Waals surface area contributed by atoms with Crippen LogP contribution in [0, 0.1) is 5.82 Å². The first kappa shape index (κ1) is 19.8. The molecule has 1 aromatic carbocycles. The van der Waals surface area contributed by atoms with E-state index in [1.807, 2.05) is 0 Å². The van der Waals surface area contributed by atoms with Crippen molar-refractivity contribution >= 4 is 17.3 Å². The second-order valence-electron chi connectivity index (χ2n) is 6.45. The topological polar surface area (TPSA) is 101 Å². The standard InChI is InChI=1S/C19H23F2N5O2/c20-13-4-6-23-11-17(13)26-19(27)12-9-15(22)16(10-14(12)21)24-7-8-28-18-3-1-2-5-25-18/h1-3,5,9-10,13,17,23-24H,4,6-8,11,22H2,(H,26,27)/t13-,17-/m0/s1. The molecule has 3 rings (SSSR count). The van der Waals surface area contributed by atoms with Crippen LogP contribution in [0.4, 0.5) is 20.2 Å². The molecule has 0 aliphatic carbocycles.